The third-order valence-corrected chi connectivity index (χ3v) is 2.18. The summed E-state index contributed by atoms with van der Waals surface area (Å²) in [6.45, 7) is 0. The van der Waals surface area contributed by atoms with Gasteiger partial charge in [0, 0.05) is 6.07 Å². The lowest BCUT2D eigenvalue weighted by Gasteiger charge is -2.10. The number of hydrogen-bond donors (Lipinski definition) is 0. The molecule has 0 aromatic heterocycles. The van der Waals surface area contributed by atoms with Gasteiger partial charge >= 0.3 is 12.0 Å². The van der Waals surface area contributed by atoms with Gasteiger partial charge in [0.05, 0.1) is 4.92 Å². The average molecular weight is 304 g/mol. The van der Waals surface area contributed by atoms with Gasteiger partial charge in [-0.3, -0.25) is 10.1 Å². The summed E-state index contributed by atoms with van der Waals surface area (Å²) in [6, 6.07) is 1.24. The van der Waals surface area contributed by atoms with Crippen molar-refractivity contribution in [3.05, 3.63) is 32.5 Å². The zero-order valence-electron chi connectivity index (χ0n) is 7.22. The van der Waals surface area contributed by atoms with E-state index in [2.05, 4.69) is 20.7 Å². The summed E-state index contributed by atoms with van der Waals surface area (Å²) in [7, 11) is 0. The Morgan fingerprint density at radius 1 is 1.38 bits per heavy atom. The first-order chi connectivity index (χ1) is 7.22. The summed E-state index contributed by atoms with van der Waals surface area (Å²) in [5, 5.41) is 10.4. The maximum absolute atomic E-state index is 12.9. The van der Waals surface area contributed by atoms with E-state index in [1.54, 1.807) is 0 Å². The Bertz CT molecular complexity index is 434. The minimum atomic E-state index is -5.14. The number of hydrogen-bond acceptors (Lipinski definition) is 3. The van der Waals surface area contributed by atoms with Crippen LogP contribution in [0.2, 0.25) is 0 Å². The monoisotopic (exact) mass is 303 g/mol. The SMILES string of the molecule is O=[N+]([O-])c1ccc(F)c(Br)c1OC(F)(F)F. The number of rotatable bonds is 2. The van der Waals surface area contributed by atoms with Gasteiger partial charge in [-0.1, -0.05) is 0 Å². The molecule has 0 radical (unpaired) electrons. The van der Waals surface area contributed by atoms with Crippen molar-refractivity contribution in [3.8, 4) is 5.75 Å². The Kier molecular flexibility index (Phi) is 3.36. The molecule has 0 atom stereocenters. The molecule has 0 fully saturated rings. The van der Waals surface area contributed by atoms with Crippen molar-refractivity contribution in [1.82, 2.24) is 0 Å². The zero-order chi connectivity index (χ0) is 12.5. The zero-order valence-corrected chi connectivity index (χ0v) is 8.80. The van der Waals surface area contributed by atoms with Crippen molar-refractivity contribution in [2.45, 2.75) is 6.36 Å². The van der Waals surface area contributed by atoms with Crippen LogP contribution in [0.1, 0.15) is 0 Å². The molecule has 0 aliphatic carbocycles. The van der Waals surface area contributed by atoms with Crippen molar-refractivity contribution in [1.29, 1.82) is 0 Å². The fraction of sp³-hybridized carbons (Fsp3) is 0.143. The maximum Gasteiger partial charge on any atom is 0.573 e. The fourth-order valence-electron chi connectivity index (χ4n) is 0.878. The predicted molar refractivity (Wildman–Crippen MR) is 47.4 cm³/mol. The van der Waals surface area contributed by atoms with E-state index in [4.69, 9.17) is 0 Å². The van der Waals surface area contributed by atoms with Crippen LogP contribution in [0.25, 0.3) is 0 Å². The molecule has 0 aliphatic rings. The van der Waals surface area contributed by atoms with Gasteiger partial charge in [0.2, 0.25) is 5.75 Å². The van der Waals surface area contributed by atoms with E-state index < -0.39 is 33.0 Å². The predicted octanol–water partition coefficient (Wildman–Crippen LogP) is 3.39. The van der Waals surface area contributed by atoms with Crippen LogP contribution in [-0.2, 0) is 0 Å². The Hall–Kier alpha value is -1.38. The van der Waals surface area contributed by atoms with E-state index in [0.29, 0.717) is 12.1 Å². The molecule has 0 spiro atoms. The second-order valence-electron chi connectivity index (χ2n) is 2.51. The number of benzene rings is 1. The van der Waals surface area contributed by atoms with Crippen LogP contribution in [0.3, 0.4) is 0 Å². The number of nitrogens with zero attached hydrogens (tertiary/aromatic N) is 1. The largest absolute Gasteiger partial charge is 0.573 e. The van der Waals surface area contributed by atoms with Crippen LogP contribution in [0.15, 0.2) is 16.6 Å². The first-order valence-electron chi connectivity index (χ1n) is 3.60. The highest BCUT2D eigenvalue weighted by Gasteiger charge is 2.36. The number of alkyl halides is 3. The molecular weight excluding hydrogens is 302 g/mol. The van der Waals surface area contributed by atoms with Gasteiger partial charge in [-0.05, 0) is 22.0 Å². The van der Waals surface area contributed by atoms with Gasteiger partial charge in [0.15, 0.2) is 0 Å². The molecule has 1 aromatic rings. The van der Waals surface area contributed by atoms with Crippen LogP contribution in [0.5, 0.6) is 5.75 Å². The lowest BCUT2D eigenvalue weighted by molar-refractivity contribution is -0.388. The Morgan fingerprint density at radius 3 is 2.38 bits per heavy atom. The second kappa shape index (κ2) is 4.24. The maximum atomic E-state index is 12.9. The third-order valence-electron chi connectivity index (χ3n) is 1.44. The Balaban J connectivity index is 3.32. The minimum absolute atomic E-state index is 0.584. The van der Waals surface area contributed by atoms with E-state index in [0.717, 1.165) is 0 Å². The van der Waals surface area contributed by atoms with Crippen molar-refractivity contribution in [2.75, 3.05) is 0 Å². The molecule has 0 amide bonds. The van der Waals surface area contributed by atoms with Crippen LogP contribution in [0, 0.1) is 15.9 Å². The fourth-order valence-corrected chi connectivity index (χ4v) is 1.29. The number of halogens is 5. The molecule has 0 saturated heterocycles. The number of ether oxygens (including phenoxy) is 1. The minimum Gasteiger partial charge on any atom is -0.397 e. The summed E-state index contributed by atoms with van der Waals surface area (Å²) in [5.74, 6) is -2.30. The molecule has 0 bridgehead atoms. The molecule has 16 heavy (non-hydrogen) atoms. The van der Waals surface area contributed by atoms with Crippen molar-refractivity contribution in [3.63, 3.8) is 0 Å². The Morgan fingerprint density at radius 2 is 1.94 bits per heavy atom. The van der Waals surface area contributed by atoms with Crippen LogP contribution < -0.4 is 4.74 Å². The number of nitro benzene ring substituents is 1. The summed E-state index contributed by atoms with van der Waals surface area (Å²) in [6.07, 6.45) is -5.14. The highest BCUT2D eigenvalue weighted by molar-refractivity contribution is 9.10. The molecule has 1 rings (SSSR count). The third kappa shape index (κ3) is 2.81. The van der Waals surface area contributed by atoms with Crippen molar-refractivity contribution < 1.29 is 27.2 Å². The van der Waals surface area contributed by atoms with E-state index in [1.807, 2.05) is 0 Å². The van der Waals surface area contributed by atoms with E-state index in [-0.39, 0.29) is 0 Å². The molecule has 0 heterocycles. The van der Waals surface area contributed by atoms with E-state index in [9.17, 15) is 27.7 Å². The van der Waals surface area contributed by atoms with Gasteiger partial charge in [0.1, 0.15) is 10.3 Å². The van der Waals surface area contributed by atoms with Gasteiger partial charge < -0.3 is 4.74 Å². The summed E-state index contributed by atoms with van der Waals surface area (Å²) in [5.41, 5.74) is -0.981. The molecule has 88 valence electrons. The van der Waals surface area contributed by atoms with Gasteiger partial charge in [-0.25, -0.2) is 4.39 Å². The van der Waals surface area contributed by atoms with E-state index in [1.165, 1.54) is 0 Å². The van der Waals surface area contributed by atoms with E-state index >= 15 is 0 Å². The van der Waals surface area contributed by atoms with Crippen LogP contribution in [0.4, 0.5) is 23.2 Å². The van der Waals surface area contributed by atoms with Gasteiger partial charge in [0.25, 0.3) is 0 Å². The molecule has 0 N–H and O–H groups in total. The van der Waals surface area contributed by atoms with Crippen LogP contribution >= 0.6 is 15.9 Å². The molecule has 0 aliphatic heterocycles. The smallest absolute Gasteiger partial charge is 0.397 e. The molecule has 4 nitrogen and oxygen atoms in total. The standard InChI is InChI=1S/C7H2BrF4NO3/c8-5-3(9)1-2-4(13(14)15)6(5)16-7(10,11)12/h1-2H. The first kappa shape index (κ1) is 12.7. The van der Waals surface area contributed by atoms with Crippen molar-refractivity contribution >= 4 is 21.6 Å². The summed E-state index contributed by atoms with van der Waals surface area (Å²) in [4.78, 5) is 9.28. The quantitative estimate of drug-likeness (QED) is 0.478. The first-order valence-corrected chi connectivity index (χ1v) is 4.40. The number of nitro groups is 1. The second-order valence-corrected chi connectivity index (χ2v) is 3.31. The average Bonchev–Trinajstić information content (AvgIpc) is 2.10. The summed E-state index contributed by atoms with van der Waals surface area (Å²) < 4.78 is 51.2. The normalized spacial score (nSPS) is 11.3. The molecule has 1 aromatic carbocycles. The van der Waals surface area contributed by atoms with Gasteiger partial charge in [-0.15, -0.1) is 13.2 Å². The highest BCUT2D eigenvalue weighted by Crippen LogP contribution is 2.39. The molecule has 9 heteroatoms. The molecule has 0 unspecified atom stereocenters. The lowest BCUT2D eigenvalue weighted by Crippen LogP contribution is -2.18. The van der Waals surface area contributed by atoms with Crippen LogP contribution in [-0.4, -0.2) is 11.3 Å². The van der Waals surface area contributed by atoms with Crippen molar-refractivity contribution in [2.24, 2.45) is 0 Å². The van der Waals surface area contributed by atoms with Gasteiger partial charge in [-0.2, -0.15) is 0 Å². The lowest BCUT2D eigenvalue weighted by atomic mass is 10.3. The Labute approximate surface area is 94.1 Å². The summed E-state index contributed by atoms with van der Waals surface area (Å²) >= 11 is 2.45. The topological polar surface area (TPSA) is 52.4 Å². The molecule has 0 saturated carbocycles. The highest BCUT2D eigenvalue weighted by atomic mass is 79.9. The molecular formula is C7H2BrF4NO3.